The van der Waals surface area contributed by atoms with Gasteiger partial charge in [0.25, 0.3) is 0 Å². The monoisotopic (exact) mass is 204 g/mol. The minimum absolute atomic E-state index is 0.228. The molecule has 0 radical (unpaired) electrons. The van der Waals surface area contributed by atoms with Crippen LogP contribution in [0, 0.1) is 0 Å². The molecule has 0 amide bonds. The SMILES string of the molecule is CC(=O)OCCCCOCCCCO. The molecule has 0 spiro atoms. The van der Waals surface area contributed by atoms with Crippen molar-refractivity contribution in [2.24, 2.45) is 0 Å². The van der Waals surface area contributed by atoms with E-state index < -0.39 is 0 Å². The number of aliphatic hydroxyl groups excluding tert-OH is 1. The summed E-state index contributed by atoms with van der Waals surface area (Å²) >= 11 is 0. The summed E-state index contributed by atoms with van der Waals surface area (Å²) < 4.78 is 10.1. The number of ether oxygens (including phenoxy) is 2. The summed E-state index contributed by atoms with van der Waals surface area (Å²) in [5.74, 6) is -0.228. The van der Waals surface area contributed by atoms with E-state index in [1.165, 1.54) is 6.92 Å². The van der Waals surface area contributed by atoms with Crippen molar-refractivity contribution in [3.63, 3.8) is 0 Å². The Morgan fingerprint density at radius 2 is 1.64 bits per heavy atom. The third kappa shape index (κ3) is 11.4. The van der Waals surface area contributed by atoms with Crippen molar-refractivity contribution in [3.8, 4) is 0 Å². The maximum atomic E-state index is 10.4. The zero-order chi connectivity index (χ0) is 10.6. The van der Waals surface area contributed by atoms with Crippen LogP contribution in [0.25, 0.3) is 0 Å². The van der Waals surface area contributed by atoms with E-state index in [-0.39, 0.29) is 12.6 Å². The number of carbonyl (C=O) groups is 1. The second kappa shape index (κ2) is 10.5. The topological polar surface area (TPSA) is 55.8 Å². The fraction of sp³-hybridized carbons (Fsp3) is 0.900. The number of unbranched alkanes of at least 4 members (excludes halogenated alkanes) is 2. The van der Waals surface area contributed by atoms with Gasteiger partial charge in [0.2, 0.25) is 0 Å². The van der Waals surface area contributed by atoms with Crippen LogP contribution in [0.3, 0.4) is 0 Å². The minimum atomic E-state index is -0.228. The number of hydrogen-bond donors (Lipinski definition) is 1. The van der Waals surface area contributed by atoms with Crippen LogP contribution in [0.15, 0.2) is 0 Å². The Labute approximate surface area is 85.2 Å². The standard InChI is InChI=1S/C10H20O4/c1-10(12)14-9-5-4-8-13-7-3-2-6-11/h11H,2-9H2,1H3. The average molecular weight is 204 g/mol. The van der Waals surface area contributed by atoms with Crippen LogP contribution in [0.2, 0.25) is 0 Å². The Morgan fingerprint density at radius 3 is 2.21 bits per heavy atom. The van der Waals surface area contributed by atoms with Crippen LogP contribution in [0.5, 0.6) is 0 Å². The van der Waals surface area contributed by atoms with Crippen molar-refractivity contribution >= 4 is 5.97 Å². The molecule has 0 saturated heterocycles. The highest BCUT2D eigenvalue weighted by molar-refractivity contribution is 5.65. The van der Waals surface area contributed by atoms with Gasteiger partial charge >= 0.3 is 5.97 Å². The van der Waals surface area contributed by atoms with E-state index in [1.54, 1.807) is 0 Å². The summed E-state index contributed by atoms with van der Waals surface area (Å²) in [7, 11) is 0. The molecule has 0 atom stereocenters. The first-order valence-corrected chi connectivity index (χ1v) is 5.09. The lowest BCUT2D eigenvalue weighted by atomic mass is 10.3. The van der Waals surface area contributed by atoms with E-state index in [0.717, 1.165) is 25.7 Å². The molecule has 0 aromatic rings. The predicted molar refractivity (Wildman–Crippen MR) is 53.0 cm³/mol. The van der Waals surface area contributed by atoms with Crippen LogP contribution in [0.4, 0.5) is 0 Å². The van der Waals surface area contributed by atoms with Gasteiger partial charge in [-0.1, -0.05) is 0 Å². The maximum Gasteiger partial charge on any atom is 0.302 e. The lowest BCUT2D eigenvalue weighted by molar-refractivity contribution is -0.141. The first-order chi connectivity index (χ1) is 6.77. The highest BCUT2D eigenvalue weighted by Gasteiger charge is 1.93. The fourth-order valence-electron chi connectivity index (χ4n) is 0.940. The van der Waals surface area contributed by atoms with Gasteiger partial charge in [-0.05, 0) is 25.7 Å². The molecule has 4 nitrogen and oxygen atoms in total. The lowest BCUT2D eigenvalue weighted by Crippen LogP contribution is -2.03. The minimum Gasteiger partial charge on any atom is -0.466 e. The average Bonchev–Trinajstić information content (AvgIpc) is 2.15. The van der Waals surface area contributed by atoms with Gasteiger partial charge in [0.05, 0.1) is 6.61 Å². The largest absolute Gasteiger partial charge is 0.466 e. The Hall–Kier alpha value is -0.610. The number of hydrogen-bond acceptors (Lipinski definition) is 4. The highest BCUT2D eigenvalue weighted by atomic mass is 16.5. The van der Waals surface area contributed by atoms with E-state index in [4.69, 9.17) is 14.6 Å². The number of esters is 1. The van der Waals surface area contributed by atoms with Crippen molar-refractivity contribution in [3.05, 3.63) is 0 Å². The Kier molecular flexibility index (Phi) is 10.0. The first-order valence-electron chi connectivity index (χ1n) is 5.09. The first kappa shape index (κ1) is 13.4. The summed E-state index contributed by atoms with van der Waals surface area (Å²) in [5.41, 5.74) is 0. The predicted octanol–water partition coefficient (Wildman–Crippen LogP) is 1.12. The number of rotatable bonds is 9. The Morgan fingerprint density at radius 1 is 1.07 bits per heavy atom. The maximum absolute atomic E-state index is 10.4. The summed E-state index contributed by atoms with van der Waals surface area (Å²) in [6.45, 7) is 3.53. The zero-order valence-electron chi connectivity index (χ0n) is 8.83. The van der Waals surface area contributed by atoms with Crippen LogP contribution < -0.4 is 0 Å². The van der Waals surface area contributed by atoms with E-state index in [1.807, 2.05) is 0 Å². The van der Waals surface area contributed by atoms with E-state index >= 15 is 0 Å². The van der Waals surface area contributed by atoms with Crippen LogP contribution in [-0.4, -0.2) is 37.5 Å². The van der Waals surface area contributed by atoms with Crippen molar-refractivity contribution in [1.29, 1.82) is 0 Å². The molecule has 0 aliphatic carbocycles. The summed E-state index contributed by atoms with van der Waals surface area (Å²) in [6, 6.07) is 0. The molecule has 0 aromatic carbocycles. The second-order valence-electron chi connectivity index (χ2n) is 3.09. The van der Waals surface area contributed by atoms with Crippen LogP contribution in [0.1, 0.15) is 32.6 Å². The van der Waals surface area contributed by atoms with Crippen LogP contribution in [-0.2, 0) is 14.3 Å². The van der Waals surface area contributed by atoms with Crippen molar-refractivity contribution < 1.29 is 19.4 Å². The van der Waals surface area contributed by atoms with Gasteiger partial charge in [-0.15, -0.1) is 0 Å². The normalized spacial score (nSPS) is 10.1. The molecule has 0 heterocycles. The molecule has 0 aliphatic rings. The molecule has 0 unspecified atom stereocenters. The third-order valence-electron chi connectivity index (χ3n) is 1.69. The van der Waals surface area contributed by atoms with Gasteiger partial charge in [-0.25, -0.2) is 0 Å². The summed E-state index contributed by atoms with van der Waals surface area (Å²) in [6.07, 6.45) is 3.46. The zero-order valence-corrected chi connectivity index (χ0v) is 8.83. The quantitative estimate of drug-likeness (QED) is 0.451. The fourth-order valence-corrected chi connectivity index (χ4v) is 0.940. The Balaban J connectivity index is 2.88. The van der Waals surface area contributed by atoms with Crippen molar-refractivity contribution in [2.45, 2.75) is 32.6 Å². The molecule has 0 bridgehead atoms. The molecular weight excluding hydrogens is 184 g/mol. The van der Waals surface area contributed by atoms with E-state index in [2.05, 4.69) is 0 Å². The van der Waals surface area contributed by atoms with Gasteiger partial charge in [-0.2, -0.15) is 0 Å². The molecule has 0 aliphatic heterocycles. The molecule has 84 valence electrons. The molecule has 0 fully saturated rings. The van der Waals surface area contributed by atoms with Gasteiger partial charge < -0.3 is 14.6 Å². The third-order valence-corrected chi connectivity index (χ3v) is 1.69. The van der Waals surface area contributed by atoms with E-state index in [9.17, 15) is 4.79 Å². The highest BCUT2D eigenvalue weighted by Crippen LogP contribution is 1.94. The summed E-state index contributed by atoms with van der Waals surface area (Å²) in [4.78, 5) is 10.4. The molecule has 0 saturated carbocycles. The smallest absolute Gasteiger partial charge is 0.302 e. The van der Waals surface area contributed by atoms with Gasteiger partial charge in [-0.3, -0.25) is 4.79 Å². The van der Waals surface area contributed by atoms with Crippen molar-refractivity contribution in [1.82, 2.24) is 0 Å². The van der Waals surface area contributed by atoms with E-state index in [0.29, 0.717) is 19.8 Å². The summed E-state index contributed by atoms with van der Waals surface area (Å²) in [5, 5.41) is 8.49. The molecule has 0 aromatic heterocycles. The van der Waals surface area contributed by atoms with Crippen LogP contribution >= 0.6 is 0 Å². The molecule has 0 rings (SSSR count). The van der Waals surface area contributed by atoms with Crippen molar-refractivity contribution in [2.75, 3.05) is 26.4 Å². The Bertz CT molecular complexity index is 136. The molecule has 4 heteroatoms. The molecular formula is C10H20O4. The molecule has 1 N–H and O–H groups in total. The molecule has 14 heavy (non-hydrogen) atoms. The number of carbonyl (C=O) groups excluding carboxylic acids is 1. The van der Waals surface area contributed by atoms with Gasteiger partial charge in [0.15, 0.2) is 0 Å². The lowest BCUT2D eigenvalue weighted by Gasteiger charge is -2.03. The number of aliphatic hydroxyl groups is 1. The van der Waals surface area contributed by atoms with Gasteiger partial charge in [0, 0.05) is 26.7 Å². The second-order valence-corrected chi connectivity index (χ2v) is 3.09. The van der Waals surface area contributed by atoms with Gasteiger partial charge in [0.1, 0.15) is 0 Å².